The van der Waals surface area contributed by atoms with Crippen LogP contribution in [0, 0.1) is 6.92 Å². The Balaban J connectivity index is 1.97. The number of carbonyl (C=O) groups is 1. The fourth-order valence-electron chi connectivity index (χ4n) is 1.09. The largest absolute Gasteiger partial charge is 0.346 e. The van der Waals surface area contributed by atoms with Crippen LogP contribution >= 0.6 is 11.3 Å². The van der Waals surface area contributed by atoms with E-state index in [2.05, 4.69) is 10.3 Å². The second-order valence-electron chi connectivity index (χ2n) is 3.23. The highest BCUT2D eigenvalue weighted by molar-refractivity contribution is 7.09. The number of aromatic nitrogens is 1. The smallest absolute Gasteiger partial charge is 0.271 e. The summed E-state index contributed by atoms with van der Waals surface area (Å²) in [5.74, 6) is -0.109. The summed E-state index contributed by atoms with van der Waals surface area (Å²) >= 11 is 1.48. The summed E-state index contributed by atoms with van der Waals surface area (Å²) < 4.78 is 0. The minimum atomic E-state index is -0.109. The van der Waals surface area contributed by atoms with E-state index < -0.39 is 0 Å². The lowest BCUT2D eigenvalue weighted by Crippen LogP contribution is -2.29. The number of hydrogen-bond donors (Lipinski definition) is 2. The van der Waals surface area contributed by atoms with E-state index in [9.17, 15) is 4.79 Å². The van der Waals surface area contributed by atoms with Crippen LogP contribution < -0.4 is 11.1 Å². The van der Waals surface area contributed by atoms with Crippen LogP contribution in [-0.2, 0) is 0 Å². The van der Waals surface area contributed by atoms with Crippen molar-refractivity contribution >= 4 is 17.2 Å². The van der Waals surface area contributed by atoms with Gasteiger partial charge in [-0.05, 0) is 13.3 Å². The number of carbonyl (C=O) groups excluding carboxylic acids is 1. The van der Waals surface area contributed by atoms with Gasteiger partial charge in [-0.1, -0.05) is 0 Å². The molecule has 2 atom stereocenters. The SMILES string of the molecule is Cc1nc(C(=O)NC2CC2N)cs1. The molecule has 1 heterocycles. The second-order valence-corrected chi connectivity index (χ2v) is 4.29. The zero-order valence-electron chi connectivity index (χ0n) is 7.28. The Morgan fingerprint density at radius 2 is 2.54 bits per heavy atom. The first-order valence-corrected chi connectivity index (χ1v) is 5.03. The first-order chi connectivity index (χ1) is 6.16. The molecule has 0 radical (unpaired) electrons. The Labute approximate surface area is 80.2 Å². The van der Waals surface area contributed by atoms with Crippen LogP contribution in [0.2, 0.25) is 0 Å². The summed E-state index contributed by atoms with van der Waals surface area (Å²) in [4.78, 5) is 15.5. The lowest BCUT2D eigenvalue weighted by Gasteiger charge is -1.98. The summed E-state index contributed by atoms with van der Waals surface area (Å²) in [6.07, 6.45) is 0.884. The van der Waals surface area contributed by atoms with Crippen LogP contribution in [0.4, 0.5) is 0 Å². The molecule has 3 N–H and O–H groups in total. The monoisotopic (exact) mass is 197 g/mol. The fraction of sp³-hybridized carbons (Fsp3) is 0.500. The molecule has 0 spiro atoms. The summed E-state index contributed by atoms with van der Waals surface area (Å²) in [6, 6.07) is 0.304. The lowest BCUT2D eigenvalue weighted by molar-refractivity contribution is 0.0946. The first kappa shape index (κ1) is 8.65. The predicted molar refractivity (Wildman–Crippen MR) is 50.7 cm³/mol. The van der Waals surface area contributed by atoms with Crippen LogP contribution in [0.3, 0.4) is 0 Å². The minimum absolute atomic E-state index is 0.109. The van der Waals surface area contributed by atoms with Crippen LogP contribution in [0.25, 0.3) is 0 Å². The van der Waals surface area contributed by atoms with E-state index in [1.807, 2.05) is 6.92 Å². The number of hydrogen-bond acceptors (Lipinski definition) is 4. The van der Waals surface area contributed by atoms with Crippen LogP contribution in [0.5, 0.6) is 0 Å². The maximum Gasteiger partial charge on any atom is 0.271 e. The van der Waals surface area contributed by atoms with Crippen molar-refractivity contribution in [1.82, 2.24) is 10.3 Å². The van der Waals surface area contributed by atoms with Crippen LogP contribution in [0.1, 0.15) is 21.9 Å². The maximum absolute atomic E-state index is 11.4. The van der Waals surface area contributed by atoms with E-state index >= 15 is 0 Å². The average molecular weight is 197 g/mol. The van der Waals surface area contributed by atoms with E-state index in [0.29, 0.717) is 5.69 Å². The van der Waals surface area contributed by atoms with Gasteiger partial charge in [0.15, 0.2) is 0 Å². The number of thiazole rings is 1. The molecule has 1 amide bonds. The summed E-state index contributed by atoms with van der Waals surface area (Å²) in [6.45, 7) is 1.88. The molecule has 1 aromatic heterocycles. The quantitative estimate of drug-likeness (QED) is 0.715. The van der Waals surface area contributed by atoms with Crippen molar-refractivity contribution < 1.29 is 4.79 Å². The number of nitrogens with one attached hydrogen (secondary N) is 1. The van der Waals surface area contributed by atoms with Gasteiger partial charge in [0.25, 0.3) is 5.91 Å². The van der Waals surface area contributed by atoms with E-state index in [0.717, 1.165) is 11.4 Å². The van der Waals surface area contributed by atoms with Crippen molar-refractivity contribution in [3.05, 3.63) is 16.1 Å². The molecule has 1 aromatic rings. The molecule has 1 fully saturated rings. The van der Waals surface area contributed by atoms with Crippen molar-refractivity contribution in [1.29, 1.82) is 0 Å². The molecular weight excluding hydrogens is 186 g/mol. The normalized spacial score (nSPS) is 25.7. The van der Waals surface area contributed by atoms with Gasteiger partial charge in [-0.2, -0.15) is 0 Å². The van der Waals surface area contributed by atoms with Gasteiger partial charge < -0.3 is 11.1 Å². The fourth-order valence-corrected chi connectivity index (χ4v) is 1.68. The van der Waals surface area contributed by atoms with E-state index in [1.54, 1.807) is 5.38 Å². The predicted octanol–water partition coefficient (Wildman–Crippen LogP) is 0.281. The number of aryl methyl sites for hydroxylation is 1. The highest BCUT2D eigenvalue weighted by Crippen LogP contribution is 2.18. The Kier molecular flexibility index (Phi) is 2.05. The second kappa shape index (κ2) is 3.08. The zero-order valence-corrected chi connectivity index (χ0v) is 8.10. The van der Waals surface area contributed by atoms with Gasteiger partial charge in [-0.25, -0.2) is 4.98 Å². The molecule has 1 aliphatic rings. The van der Waals surface area contributed by atoms with Gasteiger partial charge in [0.1, 0.15) is 5.69 Å². The number of amides is 1. The molecular formula is C8H11N3OS. The molecule has 70 valence electrons. The van der Waals surface area contributed by atoms with Crippen molar-refractivity contribution in [2.45, 2.75) is 25.4 Å². The lowest BCUT2D eigenvalue weighted by atomic mass is 10.4. The summed E-state index contributed by atoms with van der Waals surface area (Å²) in [5, 5.41) is 5.48. The highest BCUT2D eigenvalue weighted by Gasteiger charge is 2.35. The maximum atomic E-state index is 11.4. The molecule has 4 nitrogen and oxygen atoms in total. The third-order valence-electron chi connectivity index (χ3n) is 2.01. The molecule has 2 unspecified atom stereocenters. The van der Waals surface area contributed by atoms with E-state index in [1.165, 1.54) is 11.3 Å². The molecule has 2 rings (SSSR count). The van der Waals surface area contributed by atoms with Crippen molar-refractivity contribution in [2.24, 2.45) is 5.73 Å². The van der Waals surface area contributed by atoms with Crippen LogP contribution in [0.15, 0.2) is 5.38 Å². The van der Waals surface area contributed by atoms with Crippen molar-refractivity contribution in [3.8, 4) is 0 Å². The molecule has 0 bridgehead atoms. The Morgan fingerprint density at radius 3 is 3.00 bits per heavy atom. The Morgan fingerprint density at radius 1 is 1.85 bits per heavy atom. The van der Waals surface area contributed by atoms with Gasteiger partial charge in [-0.3, -0.25) is 4.79 Å². The third kappa shape index (κ3) is 1.87. The summed E-state index contributed by atoms with van der Waals surface area (Å²) in [7, 11) is 0. The number of rotatable bonds is 2. The standard InChI is InChI=1S/C8H11N3OS/c1-4-10-7(3-13-4)8(12)11-6-2-5(6)9/h3,5-6H,2,9H2,1H3,(H,11,12). The van der Waals surface area contributed by atoms with E-state index in [4.69, 9.17) is 5.73 Å². The van der Waals surface area contributed by atoms with Crippen molar-refractivity contribution in [3.63, 3.8) is 0 Å². The topological polar surface area (TPSA) is 68.0 Å². The molecule has 1 saturated carbocycles. The third-order valence-corrected chi connectivity index (χ3v) is 2.78. The minimum Gasteiger partial charge on any atom is -0.346 e. The van der Waals surface area contributed by atoms with Gasteiger partial charge in [0, 0.05) is 17.5 Å². The van der Waals surface area contributed by atoms with Crippen molar-refractivity contribution in [2.75, 3.05) is 0 Å². The number of nitrogens with zero attached hydrogens (tertiary/aromatic N) is 1. The van der Waals surface area contributed by atoms with Gasteiger partial charge >= 0.3 is 0 Å². The van der Waals surface area contributed by atoms with Gasteiger partial charge in [-0.15, -0.1) is 11.3 Å². The molecule has 0 saturated heterocycles. The van der Waals surface area contributed by atoms with Gasteiger partial charge in [0.2, 0.25) is 0 Å². The molecule has 0 aliphatic heterocycles. The molecule has 13 heavy (non-hydrogen) atoms. The van der Waals surface area contributed by atoms with Gasteiger partial charge in [0.05, 0.1) is 5.01 Å². The summed E-state index contributed by atoms with van der Waals surface area (Å²) in [5.41, 5.74) is 6.07. The number of nitrogens with two attached hydrogens (primary N) is 1. The first-order valence-electron chi connectivity index (χ1n) is 4.15. The zero-order chi connectivity index (χ0) is 9.42. The Hall–Kier alpha value is -0.940. The molecule has 1 aliphatic carbocycles. The average Bonchev–Trinajstić information content (AvgIpc) is 2.62. The van der Waals surface area contributed by atoms with E-state index in [-0.39, 0.29) is 18.0 Å². The molecule has 5 heteroatoms. The molecule has 0 aromatic carbocycles. The Bertz CT molecular complexity index is 336. The van der Waals surface area contributed by atoms with Crippen LogP contribution in [-0.4, -0.2) is 23.0 Å². The highest BCUT2D eigenvalue weighted by atomic mass is 32.1.